The smallest absolute Gasteiger partial charge is 0.227 e. The maximum Gasteiger partial charge on any atom is 0.227 e. The monoisotopic (exact) mass is 363 g/mol. The fraction of sp³-hybridized carbons (Fsp3) is 0.421. The molecular formula is C19H22FNO3S. The molecule has 3 rings (SSSR count). The summed E-state index contributed by atoms with van der Waals surface area (Å²) in [6.07, 6.45) is 2.27. The topological polar surface area (TPSA) is 38.8 Å². The van der Waals surface area contributed by atoms with Gasteiger partial charge >= 0.3 is 0 Å². The molecule has 0 saturated carbocycles. The van der Waals surface area contributed by atoms with E-state index >= 15 is 0 Å². The van der Waals surface area contributed by atoms with E-state index in [1.807, 2.05) is 22.4 Å². The zero-order chi connectivity index (χ0) is 17.6. The summed E-state index contributed by atoms with van der Waals surface area (Å²) in [7, 11) is 1.42. The Labute approximate surface area is 151 Å². The molecule has 1 aliphatic heterocycles. The van der Waals surface area contributed by atoms with Crippen LogP contribution in [0, 0.1) is 5.82 Å². The van der Waals surface area contributed by atoms with Gasteiger partial charge in [0.05, 0.1) is 26.2 Å². The lowest BCUT2D eigenvalue weighted by molar-refractivity contribution is -0.132. The van der Waals surface area contributed by atoms with Crippen LogP contribution >= 0.6 is 11.3 Å². The molecule has 0 radical (unpaired) electrons. The Hall–Kier alpha value is -1.92. The Morgan fingerprint density at radius 2 is 2.32 bits per heavy atom. The number of methoxy groups -OCH3 is 1. The van der Waals surface area contributed by atoms with Crippen molar-refractivity contribution in [1.29, 1.82) is 0 Å². The molecule has 0 spiro atoms. The molecule has 2 heterocycles. The molecule has 1 aliphatic rings. The maximum atomic E-state index is 13.9. The van der Waals surface area contributed by atoms with Crippen molar-refractivity contribution in [2.24, 2.45) is 0 Å². The molecule has 1 saturated heterocycles. The second-order valence-corrected chi connectivity index (χ2v) is 7.17. The molecule has 1 amide bonds. The fourth-order valence-corrected chi connectivity index (χ4v) is 3.71. The van der Waals surface area contributed by atoms with Crippen molar-refractivity contribution in [3.63, 3.8) is 0 Å². The predicted molar refractivity (Wildman–Crippen MR) is 95.4 cm³/mol. The molecule has 0 bridgehead atoms. The van der Waals surface area contributed by atoms with E-state index in [-0.39, 0.29) is 24.2 Å². The van der Waals surface area contributed by atoms with E-state index in [1.54, 1.807) is 23.5 Å². The molecule has 1 aromatic carbocycles. The zero-order valence-electron chi connectivity index (χ0n) is 14.2. The minimum atomic E-state index is -0.447. The molecular weight excluding hydrogens is 341 g/mol. The normalized spacial score (nSPS) is 16.8. The maximum absolute atomic E-state index is 13.9. The van der Waals surface area contributed by atoms with Crippen LogP contribution in [-0.4, -0.2) is 37.2 Å². The first kappa shape index (κ1) is 17.9. The highest BCUT2D eigenvalue weighted by Gasteiger charge is 2.23. The summed E-state index contributed by atoms with van der Waals surface area (Å²) in [6.45, 7) is 1.90. The number of thiophene rings is 1. The Morgan fingerprint density at radius 3 is 2.96 bits per heavy atom. The predicted octanol–water partition coefficient (Wildman–Crippen LogP) is 3.65. The van der Waals surface area contributed by atoms with E-state index in [4.69, 9.17) is 9.47 Å². The third kappa shape index (κ3) is 4.80. The minimum Gasteiger partial charge on any atom is -0.494 e. The summed E-state index contributed by atoms with van der Waals surface area (Å²) < 4.78 is 24.5. The van der Waals surface area contributed by atoms with Crippen molar-refractivity contribution < 1.29 is 18.7 Å². The van der Waals surface area contributed by atoms with E-state index < -0.39 is 5.82 Å². The van der Waals surface area contributed by atoms with E-state index in [0.29, 0.717) is 18.7 Å². The van der Waals surface area contributed by atoms with Crippen molar-refractivity contribution >= 4 is 17.2 Å². The van der Waals surface area contributed by atoms with E-state index in [1.165, 1.54) is 13.2 Å². The number of carbonyl (C=O) groups is 1. The van der Waals surface area contributed by atoms with Crippen LogP contribution in [0.5, 0.6) is 5.75 Å². The first-order valence-electron chi connectivity index (χ1n) is 8.40. The number of halogens is 1. The van der Waals surface area contributed by atoms with Crippen LogP contribution in [0.1, 0.15) is 23.3 Å². The Kier molecular flexibility index (Phi) is 6.04. The zero-order valence-corrected chi connectivity index (χ0v) is 15.1. The van der Waals surface area contributed by atoms with Gasteiger partial charge in [0.25, 0.3) is 0 Å². The molecule has 1 aromatic heterocycles. The van der Waals surface area contributed by atoms with E-state index in [9.17, 15) is 9.18 Å². The van der Waals surface area contributed by atoms with Crippen molar-refractivity contribution in [3.8, 4) is 5.75 Å². The van der Waals surface area contributed by atoms with Crippen molar-refractivity contribution in [3.05, 3.63) is 52.0 Å². The van der Waals surface area contributed by atoms with Gasteiger partial charge < -0.3 is 14.4 Å². The summed E-state index contributed by atoms with van der Waals surface area (Å²) in [4.78, 5) is 15.8. The molecule has 1 atom stereocenters. The number of nitrogens with zero attached hydrogens (tertiary/aromatic N) is 1. The summed E-state index contributed by atoms with van der Waals surface area (Å²) >= 11 is 1.63. The fourth-order valence-electron chi connectivity index (χ4n) is 2.99. The average Bonchev–Trinajstić information content (AvgIpc) is 3.28. The number of amides is 1. The van der Waals surface area contributed by atoms with Crippen LogP contribution in [-0.2, 0) is 22.5 Å². The first-order chi connectivity index (χ1) is 12.2. The molecule has 2 aromatic rings. The van der Waals surface area contributed by atoms with Gasteiger partial charge in [-0.2, -0.15) is 0 Å². The molecule has 134 valence electrons. The molecule has 0 N–H and O–H groups in total. The van der Waals surface area contributed by atoms with Gasteiger partial charge in [-0.05, 0) is 42.0 Å². The minimum absolute atomic E-state index is 0.0199. The molecule has 0 aliphatic carbocycles. The molecule has 6 heteroatoms. The molecule has 25 heavy (non-hydrogen) atoms. The average molecular weight is 363 g/mol. The van der Waals surface area contributed by atoms with Crippen LogP contribution in [0.15, 0.2) is 35.7 Å². The standard InChI is InChI=1S/C19H22FNO3S/c1-23-18-7-6-14(10-17(18)20)11-19(22)21(12-15-4-2-8-24-15)13-16-5-3-9-25-16/h3,5-7,9-10,15H,2,4,8,11-13H2,1H3. The first-order valence-corrected chi connectivity index (χ1v) is 9.28. The summed E-state index contributed by atoms with van der Waals surface area (Å²) in [5.74, 6) is -0.281. The quantitative estimate of drug-likeness (QED) is 0.754. The van der Waals surface area contributed by atoms with Crippen molar-refractivity contribution in [2.45, 2.75) is 31.9 Å². The van der Waals surface area contributed by atoms with Crippen LogP contribution in [0.2, 0.25) is 0 Å². The Balaban J connectivity index is 1.69. The van der Waals surface area contributed by atoms with Gasteiger partial charge in [-0.15, -0.1) is 11.3 Å². The van der Waals surface area contributed by atoms with E-state index in [0.717, 1.165) is 24.3 Å². The highest BCUT2D eigenvalue weighted by Crippen LogP contribution is 2.21. The summed E-state index contributed by atoms with van der Waals surface area (Å²) in [6, 6.07) is 8.66. The van der Waals surface area contributed by atoms with Crippen LogP contribution < -0.4 is 4.74 Å². The highest BCUT2D eigenvalue weighted by molar-refractivity contribution is 7.09. The Morgan fingerprint density at radius 1 is 1.44 bits per heavy atom. The lowest BCUT2D eigenvalue weighted by Crippen LogP contribution is -2.37. The van der Waals surface area contributed by atoms with Gasteiger partial charge in [-0.3, -0.25) is 4.79 Å². The molecule has 4 nitrogen and oxygen atoms in total. The molecule has 1 unspecified atom stereocenters. The largest absolute Gasteiger partial charge is 0.494 e. The highest BCUT2D eigenvalue weighted by atomic mass is 32.1. The number of benzene rings is 1. The summed E-state index contributed by atoms with van der Waals surface area (Å²) in [5.41, 5.74) is 0.645. The lowest BCUT2D eigenvalue weighted by Gasteiger charge is -2.25. The van der Waals surface area contributed by atoms with E-state index in [2.05, 4.69) is 0 Å². The molecule has 1 fully saturated rings. The van der Waals surface area contributed by atoms with Crippen LogP contribution in [0.25, 0.3) is 0 Å². The van der Waals surface area contributed by atoms with Gasteiger partial charge in [0.1, 0.15) is 0 Å². The summed E-state index contributed by atoms with van der Waals surface area (Å²) in [5, 5.41) is 2.00. The van der Waals surface area contributed by atoms with Crippen molar-refractivity contribution in [1.82, 2.24) is 4.90 Å². The second-order valence-electron chi connectivity index (χ2n) is 6.13. The van der Waals surface area contributed by atoms with Gasteiger partial charge in [-0.1, -0.05) is 12.1 Å². The lowest BCUT2D eigenvalue weighted by atomic mass is 10.1. The SMILES string of the molecule is COc1ccc(CC(=O)N(Cc2cccs2)CC2CCCO2)cc1F. The third-order valence-corrected chi connectivity index (χ3v) is 5.16. The van der Waals surface area contributed by atoms with Crippen molar-refractivity contribution in [2.75, 3.05) is 20.3 Å². The Bertz CT molecular complexity index is 699. The number of carbonyl (C=O) groups excluding carboxylic acids is 1. The van der Waals surface area contributed by atoms with Crippen LogP contribution in [0.4, 0.5) is 4.39 Å². The van der Waals surface area contributed by atoms with Gasteiger partial charge in [0, 0.05) is 18.0 Å². The number of hydrogen-bond donors (Lipinski definition) is 0. The number of rotatable bonds is 7. The van der Waals surface area contributed by atoms with Crippen LogP contribution in [0.3, 0.4) is 0 Å². The van der Waals surface area contributed by atoms with Gasteiger partial charge in [-0.25, -0.2) is 4.39 Å². The number of ether oxygens (including phenoxy) is 2. The third-order valence-electron chi connectivity index (χ3n) is 4.30. The second kappa shape index (κ2) is 8.45. The van der Waals surface area contributed by atoms with Gasteiger partial charge in [0.2, 0.25) is 5.91 Å². The number of hydrogen-bond acceptors (Lipinski definition) is 4. The van der Waals surface area contributed by atoms with Gasteiger partial charge in [0.15, 0.2) is 11.6 Å².